The fraction of sp³-hybridized carbons (Fsp3) is 1.00. The summed E-state index contributed by atoms with van der Waals surface area (Å²) < 4.78 is 179. The van der Waals surface area contributed by atoms with Gasteiger partial charge in [-0.1, -0.05) is 269 Å². The van der Waals surface area contributed by atoms with Crippen LogP contribution >= 0.6 is 0 Å². The molecule has 2 saturated carbocycles. The summed E-state index contributed by atoms with van der Waals surface area (Å²) in [5, 5.41) is 0. The van der Waals surface area contributed by atoms with Crippen LogP contribution in [0.5, 0.6) is 0 Å². The Morgan fingerprint density at radius 3 is 0.712 bits per heavy atom. The van der Waals surface area contributed by atoms with Crippen molar-refractivity contribution in [3.63, 3.8) is 0 Å². The van der Waals surface area contributed by atoms with Gasteiger partial charge in [-0.3, -0.25) is 0 Å². The van der Waals surface area contributed by atoms with Gasteiger partial charge in [0.05, 0.1) is 0 Å². The van der Waals surface area contributed by atoms with E-state index in [4.69, 9.17) is 8.22 Å². The van der Waals surface area contributed by atoms with Crippen molar-refractivity contribution in [1.29, 1.82) is 0 Å². The number of rotatable bonds is 6. The molecule has 0 N–H and O–H groups in total. The number of alkyl halides is 12. The largest absolute Gasteiger partial charge is 0.391 e. The van der Waals surface area contributed by atoms with Crippen LogP contribution in [0.2, 0.25) is 0 Å². The molecule has 2 aliphatic rings. The minimum Gasteiger partial charge on any atom is -0.171 e. The van der Waals surface area contributed by atoms with Crippen LogP contribution in [0.25, 0.3) is 0 Å². The lowest BCUT2D eigenvalue weighted by Gasteiger charge is -2.15. The summed E-state index contributed by atoms with van der Waals surface area (Å²) in [6.07, 6.45) is -1.98. The van der Waals surface area contributed by atoms with Crippen LogP contribution in [0.3, 0.4) is 0 Å². The molecule has 0 aromatic carbocycles. The van der Waals surface area contributed by atoms with E-state index in [1.807, 2.05) is 55.4 Å². The van der Waals surface area contributed by atoms with Gasteiger partial charge < -0.3 is 0 Å². The Kier molecular flexibility index (Phi) is 65.5. The Bertz CT molecular complexity index is 991. The molecule has 0 bridgehead atoms. The topological polar surface area (TPSA) is 0 Å². The summed E-state index contributed by atoms with van der Waals surface area (Å²) in [4.78, 5) is 0. The minimum atomic E-state index is -4.40. The molecule has 0 amide bonds. The molecule has 0 unspecified atom stereocenters. The van der Waals surface area contributed by atoms with Crippen molar-refractivity contribution < 1.29 is 60.9 Å². The van der Waals surface area contributed by atoms with Gasteiger partial charge in [-0.2, -0.15) is 52.7 Å². The molecule has 0 spiro atoms. The minimum absolute atomic E-state index is 0.0556. The highest BCUT2D eigenvalue weighted by Crippen LogP contribution is 2.28. The van der Waals surface area contributed by atoms with Crippen LogP contribution in [0.15, 0.2) is 0 Å². The van der Waals surface area contributed by atoms with E-state index in [1.165, 1.54) is 51.4 Å². The molecule has 12 heteroatoms. The van der Waals surface area contributed by atoms with Gasteiger partial charge in [0.15, 0.2) is 0 Å². The van der Waals surface area contributed by atoms with Crippen molar-refractivity contribution in [3.8, 4) is 0 Å². The van der Waals surface area contributed by atoms with Gasteiger partial charge in [0.2, 0.25) is 0 Å². The second kappa shape index (κ2) is 60.3. The number of hydrogen-bond acceptors (Lipinski definition) is 0. The SMILES string of the molecule is CC.CC(C)C.CC(C)C(F)(F)F.CCC.CCCC.CC[C@H](C)CC(F)(F)F.CC[C@H](C)CC(F)(F)F.[2H]C(C)(C)C.[2H]C(C)(C)C(F)(F)F.[2H]C([2H])(C)CC.[2H]C1(C)CCCC1.[2H]C1(C)CCCCC1. The van der Waals surface area contributed by atoms with Crippen molar-refractivity contribution in [1.82, 2.24) is 0 Å². The highest BCUT2D eigenvalue weighted by atomic mass is 19.4. The number of unbranched alkanes of at least 4 members (excludes halogenated alkanes) is 1. The van der Waals surface area contributed by atoms with Gasteiger partial charge >= 0.3 is 24.7 Å². The van der Waals surface area contributed by atoms with Gasteiger partial charge in [-0.25, -0.2) is 0 Å². The maximum Gasteiger partial charge on any atom is 0.391 e. The normalized spacial score (nSPS) is 17.2. The van der Waals surface area contributed by atoms with Crippen molar-refractivity contribution in [2.45, 2.75) is 306 Å². The molecule has 0 radical (unpaired) electrons. The number of halogens is 12. The summed E-state index contributed by atoms with van der Waals surface area (Å²) in [6.45, 7) is 42.8. The first kappa shape index (κ1) is 71.7. The summed E-state index contributed by atoms with van der Waals surface area (Å²) in [5.41, 5.74) is 0. The second-order valence-electron chi connectivity index (χ2n) is 18.2. The average Bonchev–Trinajstić information content (AvgIpc) is 3.57. The standard InChI is InChI=1S/C7H14.2C6H11F3.C6H12.2C4H7F3.4C4H10.C3H8.C2H6/c1-7-5-3-2-4-6-7;2*1-3-5(2)4-6(7,8)9;1-6-4-2-3-5-6;2*1-3(2)4(5,6)7;2*1-4(2)3;2*1-3-4-2;1-3-2;1-2/h7H,2-6H2,1H3;2*5H,3-4H2,1-2H3;6H,2-5H2,1H3;2*3H,1-2H3;2*4H,1-3H3;2*3-4H2,1-2H3;3H2,1-2H3;1-2H3/t;2*5-;;;;;;;;;/m.00........./s1/i7D;;;6D;3D;;4D;;3D2;;;. The lowest BCUT2D eigenvalue weighted by Crippen LogP contribution is -2.15. The van der Waals surface area contributed by atoms with Gasteiger partial charge in [0.1, 0.15) is 0 Å². The van der Waals surface area contributed by atoms with Gasteiger partial charge in [-0.15, -0.1) is 0 Å². The van der Waals surface area contributed by atoms with Crippen LogP contribution in [-0.2, 0) is 0 Å². The molecule has 0 aliphatic heterocycles. The van der Waals surface area contributed by atoms with Crippen LogP contribution in [0.4, 0.5) is 52.7 Å². The highest BCUT2D eigenvalue weighted by molar-refractivity contribution is 4.61. The maximum absolute atomic E-state index is 11.5. The van der Waals surface area contributed by atoms with E-state index in [9.17, 15) is 52.7 Å². The van der Waals surface area contributed by atoms with E-state index in [-0.39, 0.29) is 29.5 Å². The predicted molar refractivity (Wildman–Crippen MR) is 271 cm³/mol. The van der Waals surface area contributed by atoms with Crippen LogP contribution in [-0.4, -0.2) is 24.7 Å². The maximum atomic E-state index is 11.5. The van der Waals surface area contributed by atoms with E-state index in [0.717, 1.165) is 59.3 Å². The van der Waals surface area contributed by atoms with E-state index in [0.29, 0.717) is 19.3 Å². The summed E-state index contributed by atoms with van der Waals surface area (Å²) >= 11 is 0. The third-order valence-electron chi connectivity index (χ3n) is 7.79. The van der Waals surface area contributed by atoms with E-state index in [1.54, 1.807) is 34.6 Å². The Morgan fingerprint density at radius 1 is 0.470 bits per heavy atom. The quantitative estimate of drug-likeness (QED) is 0.233. The van der Waals surface area contributed by atoms with Crippen LogP contribution < -0.4 is 0 Å². The van der Waals surface area contributed by atoms with E-state index in [2.05, 4.69) is 48.5 Å². The van der Waals surface area contributed by atoms with Crippen LogP contribution in [0.1, 0.15) is 290 Å². The monoisotopic (exact) mass is 999 g/mol. The van der Waals surface area contributed by atoms with E-state index >= 15 is 0 Å². The first-order valence-electron chi connectivity index (χ1n) is 27.9. The summed E-state index contributed by atoms with van der Waals surface area (Å²) in [7, 11) is 0. The third-order valence-corrected chi connectivity index (χ3v) is 7.79. The van der Waals surface area contributed by atoms with Crippen molar-refractivity contribution in [3.05, 3.63) is 0 Å². The molecule has 0 nitrogen and oxygen atoms in total. The number of hydrogen-bond donors (Lipinski definition) is 0. The molecular formula is C54H116F12. The molecule has 0 heterocycles. The highest BCUT2D eigenvalue weighted by Gasteiger charge is 2.32. The summed E-state index contributed by atoms with van der Waals surface area (Å²) in [5.74, 6) is -3.52. The smallest absolute Gasteiger partial charge is 0.171 e. The predicted octanol–water partition coefficient (Wildman–Crippen LogP) is 24.5. The first-order valence-corrected chi connectivity index (χ1v) is 24.9. The lowest BCUT2D eigenvalue weighted by atomic mass is 9.91. The molecule has 0 saturated heterocycles. The molecule has 0 aromatic rings. The molecule has 2 fully saturated rings. The average molecular weight is 1000 g/mol. The van der Waals surface area contributed by atoms with Crippen molar-refractivity contribution in [2.24, 2.45) is 47.2 Å². The van der Waals surface area contributed by atoms with Gasteiger partial charge in [0, 0.05) is 32.9 Å². The van der Waals surface area contributed by atoms with Crippen molar-refractivity contribution in [2.75, 3.05) is 0 Å². The molecule has 416 valence electrons. The van der Waals surface area contributed by atoms with Crippen molar-refractivity contribution >= 4 is 0 Å². The first-order chi connectivity index (χ1) is 31.6. The lowest BCUT2D eigenvalue weighted by molar-refractivity contribution is -0.165. The molecule has 2 atom stereocenters. The zero-order chi connectivity index (χ0) is 60.8. The molecule has 2 rings (SSSR count). The molecular weight excluding hydrogens is 877 g/mol. The van der Waals surface area contributed by atoms with Gasteiger partial charge in [0.25, 0.3) is 0 Å². The Labute approximate surface area is 414 Å². The molecule has 2 aliphatic carbocycles. The zero-order valence-corrected chi connectivity index (χ0v) is 47.4. The molecule has 66 heavy (non-hydrogen) atoms. The third kappa shape index (κ3) is 137. The fourth-order valence-electron chi connectivity index (χ4n) is 3.21. The summed E-state index contributed by atoms with van der Waals surface area (Å²) in [6, 6.07) is 0. The van der Waals surface area contributed by atoms with E-state index < -0.39 is 55.7 Å². The zero-order valence-electron chi connectivity index (χ0n) is 53.4. The molecule has 0 aromatic heterocycles. The Morgan fingerprint density at radius 2 is 0.652 bits per heavy atom. The fourth-order valence-corrected chi connectivity index (χ4v) is 3.21. The van der Waals surface area contributed by atoms with Crippen LogP contribution in [0, 0.1) is 47.2 Å². The van der Waals surface area contributed by atoms with Gasteiger partial charge in [-0.05, 0) is 35.4 Å². The second-order valence-corrected chi connectivity index (χ2v) is 18.2. The Hall–Kier alpha value is -0.840. The Balaban J connectivity index is -0.0000000740.